The van der Waals surface area contributed by atoms with Crippen LogP contribution in [0.5, 0.6) is 0 Å². The lowest BCUT2D eigenvalue weighted by atomic mass is 9.83. The Hall–Kier alpha value is -3.80. The van der Waals surface area contributed by atoms with Crippen molar-refractivity contribution in [3.63, 3.8) is 0 Å². The summed E-state index contributed by atoms with van der Waals surface area (Å²) in [7, 11) is 0. The number of urea groups is 1. The molecule has 0 saturated carbocycles. The minimum absolute atomic E-state index is 0.0282. The van der Waals surface area contributed by atoms with E-state index in [1.54, 1.807) is 6.20 Å². The van der Waals surface area contributed by atoms with Gasteiger partial charge in [0.05, 0.1) is 23.4 Å². The van der Waals surface area contributed by atoms with Crippen LogP contribution in [0.2, 0.25) is 0 Å². The Balaban J connectivity index is 1.41. The topological polar surface area (TPSA) is 73.0 Å². The number of H-pyrrole nitrogens is 1. The van der Waals surface area contributed by atoms with Crippen LogP contribution >= 0.6 is 0 Å². The van der Waals surface area contributed by atoms with Gasteiger partial charge in [-0.05, 0) is 46.7 Å². The van der Waals surface area contributed by atoms with E-state index in [1.165, 1.54) is 22.4 Å². The average Bonchev–Trinajstić information content (AvgIpc) is 3.30. The van der Waals surface area contributed by atoms with Crippen molar-refractivity contribution in [2.45, 2.75) is 45.2 Å². The number of anilines is 2. The third-order valence-electron chi connectivity index (χ3n) is 6.55. The van der Waals surface area contributed by atoms with Crippen molar-refractivity contribution in [2.24, 2.45) is 0 Å². The standard InChI is InChI=1S/C28H31N5O/c1-28(2,3)20-12-13-26-21(16-20)24(14-15-33(26)18-19-8-5-4-6-9-19)31-27(34)30-23-10-7-11-25-22(23)17-29-32-25/h4-13,16-17,24H,14-15,18H2,1-3H3,(H,29,32)(H2,30,31,34). The molecule has 0 spiro atoms. The summed E-state index contributed by atoms with van der Waals surface area (Å²) in [5.74, 6) is 0. The molecule has 0 radical (unpaired) electrons. The molecule has 2 heterocycles. The molecule has 3 N–H and O–H groups in total. The highest BCUT2D eigenvalue weighted by molar-refractivity contribution is 6.00. The zero-order chi connectivity index (χ0) is 23.7. The first-order valence-corrected chi connectivity index (χ1v) is 11.8. The van der Waals surface area contributed by atoms with E-state index < -0.39 is 0 Å². The number of aromatic amines is 1. The van der Waals surface area contributed by atoms with Gasteiger partial charge in [-0.3, -0.25) is 5.10 Å². The Morgan fingerprint density at radius 3 is 2.71 bits per heavy atom. The molecule has 2 amide bonds. The van der Waals surface area contributed by atoms with Gasteiger partial charge in [0.15, 0.2) is 0 Å². The number of fused-ring (bicyclic) bond motifs is 2. The van der Waals surface area contributed by atoms with E-state index in [1.807, 2.05) is 24.3 Å². The van der Waals surface area contributed by atoms with Gasteiger partial charge in [-0.2, -0.15) is 5.10 Å². The van der Waals surface area contributed by atoms with Crippen LogP contribution in [0, 0.1) is 0 Å². The molecule has 1 unspecified atom stereocenters. The third kappa shape index (κ3) is 4.49. The lowest BCUT2D eigenvalue weighted by Gasteiger charge is -2.37. The monoisotopic (exact) mass is 453 g/mol. The normalized spacial score (nSPS) is 15.7. The summed E-state index contributed by atoms with van der Waals surface area (Å²) in [5.41, 5.74) is 6.58. The van der Waals surface area contributed by atoms with E-state index in [2.05, 4.69) is 89.0 Å². The molecule has 6 nitrogen and oxygen atoms in total. The second-order valence-electron chi connectivity index (χ2n) is 10.0. The van der Waals surface area contributed by atoms with Crippen LogP contribution in [-0.2, 0) is 12.0 Å². The first-order valence-electron chi connectivity index (χ1n) is 11.8. The Morgan fingerprint density at radius 1 is 1.09 bits per heavy atom. The number of carbonyl (C=O) groups excluding carboxylic acids is 1. The average molecular weight is 454 g/mol. The van der Waals surface area contributed by atoms with Gasteiger partial charge >= 0.3 is 6.03 Å². The summed E-state index contributed by atoms with van der Waals surface area (Å²) in [5, 5.41) is 14.2. The smallest absolute Gasteiger partial charge is 0.319 e. The first kappa shape index (κ1) is 22.0. The molecule has 3 aromatic carbocycles. The summed E-state index contributed by atoms with van der Waals surface area (Å²) in [4.78, 5) is 15.5. The Bertz CT molecular complexity index is 1310. The molecule has 0 aliphatic carbocycles. The van der Waals surface area contributed by atoms with Crippen LogP contribution in [0.4, 0.5) is 16.2 Å². The molecular weight excluding hydrogens is 422 g/mol. The van der Waals surface area contributed by atoms with Gasteiger partial charge in [-0.25, -0.2) is 4.79 Å². The van der Waals surface area contributed by atoms with E-state index in [-0.39, 0.29) is 17.5 Å². The van der Waals surface area contributed by atoms with Crippen LogP contribution in [0.25, 0.3) is 10.9 Å². The molecule has 1 aliphatic rings. The fourth-order valence-electron chi connectivity index (χ4n) is 4.66. The predicted octanol–water partition coefficient (Wildman–Crippen LogP) is 6.13. The van der Waals surface area contributed by atoms with Crippen molar-refractivity contribution >= 4 is 28.3 Å². The number of carbonyl (C=O) groups is 1. The quantitative estimate of drug-likeness (QED) is 0.348. The summed E-state index contributed by atoms with van der Waals surface area (Å²) in [6.45, 7) is 8.39. The van der Waals surface area contributed by atoms with Gasteiger partial charge in [-0.1, -0.05) is 69.3 Å². The number of hydrogen-bond acceptors (Lipinski definition) is 3. The van der Waals surface area contributed by atoms with Crippen molar-refractivity contribution < 1.29 is 4.79 Å². The van der Waals surface area contributed by atoms with Gasteiger partial charge in [0.1, 0.15) is 0 Å². The second kappa shape index (κ2) is 8.86. The summed E-state index contributed by atoms with van der Waals surface area (Å²) in [6, 6.07) is 22.7. The molecule has 6 heteroatoms. The van der Waals surface area contributed by atoms with Gasteiger partial charge < -0.3 is 15.5 Å². The van der Waals surface area contributed by atoms with Crippen LogP contribution in [0.1, 0.15) is 49.9 Å². The SMILES string of the molecule is CC(C)(C)c1ccc2c(c1)C(NC(=O)Nc1cccc3[nH]ncc13)CCN2Cc1ccccc1. The van der Waals surface area contributed by atoms with Crippen molar-refractivity contribution in [1.82, 2.24) is 15.5 Å². The van der Waals surface area contributed by atoms with Crippen molar-refractivity contribution in [2.75, 3.05) is 16.8 Å². The fourth-order valence-corrected chi connectivity index (χ4v) is 4.66. The highest BCUT2D eigenvalue weighted by Crippen LogP contribution is 2.38. The van der Waals surface area contributed by atoms with Gasteiger partial charge in [0.2, 0.25) is 0 Å². The lowest BCUT2D eigenvalue weighted by molar-refractivity contribution is 0.247. The maximum Gasteiger partial charge on any atom is 0.319 e. The number of nitrogens with zero attached hydrogens (tertiary/aromatic N) is 2. The highest BCUT2D eigenvalue weighted by atomic mass is 16.2. The van der Waals surface area contributed by atoms with Crippen molar-refractivity contribution in [1.29, 1.82) is 0 Å². The second-order valence-corrected chi connectivity index (χ2v) is 10.0. The fraction of sp³-hybridized carbons (Fsp3) is 0.286. The summed E-state index contributed by atoms with van der Waals surface area (Å²) in [6.07, 6.45) is 2.58. The molecular formula is C28H31N5O. The number of hydrogen-bond donors (Lipinski definition) is 3. The van der Waals surface area contributed by atoms with Gasteiger partial charge in [0, 0.05) is 24.2 Å². The van der Waals surface area contributed by atoms with Crippen LogP contribution in [0.15, 0.2) is 72.9 Å². The number of aromatic nitrogens is 2. The molecule has 174 valence electrons. The minimum Gasteiger partial charge on any atom is -0.367 e. The van der Waals surface area contributed by atoms with Gasteiger partial charge in [-0.15, -0.1) is 0 Å². The lowest BCUT2D eigenvalue weighted by Crippen LogP contribution is -2.39. The Kier molecular flexibility index (Phi) is 5.74. The number of rotatable bonds is 4. The molecule has 0 bridgehead atoms. The maximum absolute atomic E-state index is 13.0. The number of benzene rings is 3. The Morgan fingerprint density at radius 2 is 1.91 bits per heavy atom. The predicted molar refractivity (Wildman–Crippen MR) is 138 cm³/mol. The van der Waals surface area contributed by atoms with Crippen LogP contribution in [0.3, 0.4) is 0 Å². The third-order valence-corrected chi connectivity index (χ3v) is 6.55. The van der Waals surface area contributed by atoms with E-state index in [4.69, 9.17) is 0 Å². The minimum atomic E-state index is -0.206. The van der Waals surface area contributed by atoms with Crippen LogP contribution in [-0.4, -0.2) is 22.8 Å². The number of nitrogens with one attached hydrogen (secondary N) is 3. The van der Waals surface area contributed by atoms with E-state index >= 15 is 0 Å². The molecule has 0 saturated heterocycles. The summed E-state index contributed by atoms with van der Waals surface area (Å²) >= 11 is 0. The molecule has 1 atom stereocenters. The Labute approximate surface area is 200 Å². The zero-order valence-electron chi connectivity index (χ0n) is 19.9. The van der Waals surface area contributed by atoms with E-state index in [0.717, 1.165) is 36.1 Å². The molecule has 0 fully saturated rings. The van der Waals surface area contributed by atoms with E-state index in [9.17, 15) is 4.79 Å². The molecule has 1 aromatic heterocycles. The molecule has 34 heavy (non-hydrogen) atoms. The molecule has 5 rings (SSSR count). The summed E-state index contributed by atoms with van der Waals surface area (Å²) < 4.78 is 0. The maximum atomic E-state index is 13.0. The van der Waals surface area contributed by atoms with Crippen molar-refractivity contribution in [3.8, 4) is 0 Å². The molecule has 4 aromatic rings. The van der Waals surface area contributed by atoms with Crippen LogP contribution < -0.4 is 15.5 Å². The molecule has 1 aliphatic heterocycles. The van der Waals surface area contributed by atoms with E-state index in [0.29, 0.717) is 0 Å². The van der Waals surface area contributed by atoms with Gasteiger partial charge in [0.25, 0.3) is 0 Å². The van der Waals surface area contributed by atoms with Crippen molar-refractivity contribution in [3.05, 3.63) is 89.6 Å². The zero-order valence-corrected chi connectivity index (χ0v) is 19.9. The number of amides is 2. The highest BCUT2D eigenvalue weighted by Gasteiger charge is 2.28. The largest absolute Gasteiger partial charge is 0.367 e. The first-order chi connectivity index (χ1) is 16.4.